The summed E-state index contributed by atoms with van der Waals surface area (Å²) in [5.41, 5.74) is 6.13. The number of carbonyl (C=O) groups is 2. The number of hydrogen-bond acceptors (Lipinski definition) is 6. The number of thioether (sulfide) groups is 1. The van der Waals surface area contributed by atoms with Crippen molar-refractivity contribution in [2.75, 3.05) is 5.75 Å². The molecule has 1 atom stereocenters. The molecule has 8 nitrogen and oxygen atoms in total. The van der Waals surface area contributed by atoms with Crippen LogP contribution >= 0.6 is 11.8 Å². The molecule has 0 fully saturated rings. The van der Waals surface area contributed by atoms with E-state index in [0.717, 1.165) is 5.69 Å². The van der Waals surface area contributed by atoms with Crippen LogP contribution in [0.15, 0.2) is 35.5 Å². The van der Waals surface area contributed by atoms with Gasteiger partial charge in [0.25, 0.3) is 0 Å². The number of primary amides is 1. The van der Waals surface area contributed by atoms with Crippen LogP contribution in [0, 0.1) is 5.92 Å². The SMILES string of the molecule is CC(C)CC(NC(=O)CSc1nnnn1-c1ccccc1)C(N)=O. The molecular weight excluding hydrogens is 328 g/mol. The summed E-state index contributed by atoms with van der Waals surface area (Å²) in [7, 11) is 0. The molecule has 0 saturated carbocycles. The Hall–Kier alpha value is -2.42. The van der Waals surface area contributed by atoms with E-state index in [1.165, 1.54) is 11.8 Å². The Morgan fingerprint density at radius 2 is 2.00 bits per heavy atom. The zero-order valence-electron chi connectivity index (χ0n) is 13.5. The number of para-hydroxylation sites is 1. The maximum atomic E-state index is 12.1. The summed E-state index contributed by atoms with van der Waals surface area (Å²) in [6, 6.07) is 8.72. The second-order valence-electron chi connectivity index (χ2n) is 5.65. The van der Waals surface area contributed by atoms with Crippen molar-refractivity contribution in [3.8, 4) is 5.69 Å². The second-order valence-corrected chi connectivity index (χ2v) is 6.59. The predicted octanol–water partition coefficient (Wildman–Crippen LogP) is 0.771. The summed E-state index contributed by atoms with van der Waals surface area (Å²) in [6.45, 7) is 3.93. The fourth-order valence-electron chi connectivity index (χ4n) is 2.08. The lowest BCUT2D eigenvalue weighted by atomic mass is 10.0. The van der Waals surface area contributed by atoms with Crippen LogP contribution in [0.2, 0.25) is 0 Å². The summed E-state index contributed by atoms with van der Waals surface area (Å²) in [5.74, 6) is -0.473. The molecule has 24 heavy (non-hydrogen) atoms. The first-order chi connectivity index (χ1) is 11.5. The molecule has 1 heterocycles. The third kappa shape index (κ3) is 5.05. The lowest BCUT2D eigenvalue weighted by Gasteiger charge is -2.17. The number of nitrogens with two attached hydrogens (primary N) is 1. The highest BCUT2D eigenvalue weighted by atomic mass is 32.2. The molecule has 9 heteroatoms. The fourth-order valence-corrected chi connectivity index (χ4v) is 2.79. The van der Waals surface area contributed by atoms with Gasteiger partial charge in [-0.3, -0.25) is 9.59 Å². The molecule has 1 unspecified atom stereocenters. The smallest absolute Gasteiger partial charge is 0.240 e. The minimum absolute atomic E-state index is 0.0923. The number of rotatable bonds is 8. The maximum Gasteiger partial charge on any atom is 0.240 e. The van der Waals surface area contributed by atoms with E-state index in [4.69, 9.17) is 5.73 Å². The van der Waals surface area contributed by atoms with Crippen molar-refractivity contribution < 1.29 is 9.59 Å². The normalized spacial score (nSPS) is 12.1. The van der Waals surface area contributed by atoms with Crippen molar-refractivity contribution in [1.29, 1.82) is 0 Å². The summed E-state index contributed by atoms with van der Waals surface area (Å²) in [6.07, 6.45) is 0.507. The lowest BCUT2D eigenvalue weighted by molar-refractivity contribution is -0.126. The summed E-state index contributed by atoms with van der Waals surface area (Å²) in [4.78, 5) is 23.5. The van der Waals surface area contributed by atoms with E-state index >= 15 is 0 Å². The van der Waals surface area contributed by atoms with Gasteiger partial charge in [0, 0.05) is 0 Å². The fraction of sp³-hybridized carbons (Fsp3) is 0.400. The zero-order chi connectivity index (χ0) is 17.5. The van der Waals surface area contributed by atoms with E-state index in [1.807, 2.05) is 44.2 Å². The Balaban J connectivity index is 1.95. The van der Waals surface area contributed by atoms with Crippen molar-refractivity contribution in [2.45, 2.75) is 31.5 Å². The third-order valence-electron chi connectivity index (χ3n) is 3.16. The monoisotopic (exact) mass is 348 g/mol. The number of aromatic nitrogens is 4. The van der Waals surface area contributed by atoms with Crippen molar-refractivity contribution in [2.24, 2.45) is 11.7 Å². The molecule has 0 radical (unpaired) electrons. The van der Waals surface area contributed by atoms with Crippen LogP contribution in [-0.4, -0.2) is 43.8 Å². The Bertz CT molecular complexity index is 688. The third-order valence-corrected chi connectivity index (χ3v) is 4.08. The molecule has 1 aromatic heterocycles. The van der Waals surface area contributed by atoms with E-state index in [0.29, 0.717) is 11.6 Å². The van der Waals surface area contributed by atoms with Crippen molar-refractivity contribution >= 4 is 23.6 Å². The molecule has 0 saturated heterocycles. The average Bonchev–Trinajstić information content (AvgIpc) is 3.01. The minimum atomic E-state index is -0.664. The molecular formula is C15H20N6O2S. The lowest BCUT2D eigenvalue weighted by Crippen LogP contribution is -2.45. The molecule has 2 aromatic rings. The molecule has 0 aliphatic heterocycles. The number of nitrogens with one attached hydrogen (secondary N) is 1. The van der Waals surface area contributed by atoms with Gasteiger partial charge < -0.3 is 11.1 Å². The molecule has 2 amide bonds. The molecule has 0 aliphatic rings. The van der Waals surface area contributed by atoms with Crippen LogP contribution in [0.5, 0.6) is 0 Å². The highest BCUT2D eigenvalue weighted by molar-refractivity contribution is 7.99. The first kappa shape index (κ1) is 17.9. The highest BCUT2D eigenvalue weighted by Gasteiger charge is 2.20. The predicted molar refractivity (Wildman–Crippen MR) is 90.5 cm³/mol. The number of carbonyl (C=O) groups excluding carboxylic acids is 2. The zero-order valence-corrected chi connectivity index (χ0v) is 14.4. The molecule has 2 rings (SSSR count). The van der Waals surface area contributed by atoms with Gasteiger partial charge in [-0.15, -0.1) is 5.10 Å². The Labute approximate surface area is 144 Å². The summed E-state index contributed by atoms with van der Waals surface area (Å²) >= 11 is 1.19. The van der Waals surface area contributed by atoms with Gasteiger partial charge in [0.05, 0.1) is 11.4 Å². The first-order valence-electron chi connectivity index (χ1n) is 7.52. The Kier molecular flexibility index (Phi) is 6.30. The van der Waals surface area contributed by atoms with E-state index in [9.17, 15) is 9.59 Å². The first-order valence-corrected chi connectivity index (χ1v) is 8.51. The van der Waals surface area contributed by atoms with Crippen LogP contribution in [0.4, 0.5) is 0 Å². The Morgan fingerprint density at radius 3 is 2.62 bits per heavy atom. The van der Waals surface area contributed by atoms with Crippen molar-refractivity contribution in [3.63, 3.8) is 0 Å². The summed E-state index contributed by atoms with van der Waals surface area (Å²) in [5, 5.41) is 14.6. The molecule has 0 bridgehead atoms. The van der Waals surface area contributed by atoms with Gasteiger partial charge in [0.2, 0.25) is 17.0 Å². The molecule has 1 aromatic carbocycles. The van der Waals surface area contributed by atoms with Gasteiger partial charge in [-0.1, -0.05) is 43.8 Å². The largest absolute Gasteiger partial charge is 0.368 e. The second kappa shape index (κ2) is 8.44. The standard InChI is InChI=1S/C15H20N6O2S/c1-10(2)8-12(14(16)23)17-13(22)9-24-15-18-19-20-21(15)11-6-4-3-5-7-11/h3-7,10,12H,8-9H2,1-2H3,(H2,16,23)(H,17,22). The molecule has 3 N–H and O–H groups in total. The highest BCUT2D eigenvalue weighted by Crippen LogP contribution is 2.17. The van der Waals surface area contributed by atoms with Gasteiger partial charge in [-0.25, -0.2) is 0 Å². The van der Waals surface area contributed by atoms with Crippen LogP contribution < -0.4 is 11.1 Å². The number of tetrazole rings is 1. The van der Waals surface area contributed by atoms with E-state index in [1.54, 1.807) is 4.68 Å². The van der Waals surface area contributed by atoms with E-state index in [2.05, 4.69) is 20.8 Å². The van der Waals surface area contributed by atoms with Gasteiger partial charge in [0.15, 0.2) is 0 Å². The summed E-state index contributed by atoms with van der Waals surface area (Å²) < 4.78 is 1.55. The number of nitrogens with zero attached hydrogens (tertiary/aromatic N) is 4. The van der Waals surface area contributed by atoms with Crippen LogP contribution in [-0.2, 0) is 9.59 Å². The van der Waals surface area contributed by atoms with Crippen LogP contribution in [0.1, 0.15) is 20.3 Å². The maximum absolute atomic E-state index is 12.1. The van der Waals surface area contributed by atoms with Crippen molar-refractivity contribution in [3.05, 3.63) is 30.3 Å². The Morgan fingerprint density at radius 1 is 1.29 bits per heavy atom. The van der Waals surface area contributed by atoms with Crippen LogP contribution in [0.25, 0.3) is 5.69 Å². The van der Waals surface area contributed by atoms with Gasteiger partial charge >= 0.3 is 0 Å². The number of benzene rings is 1. The molecule has 0 spiro atoms. The minimum Gasteiger partial charge on any atom is -0.368 e. The van der Waals surface area contributed by atoms with Gasteiger partial charge in [-0.2, -0.15) is 4.68 Å². The number of hydrogen-bond donors (Lipinski definition) is 2. The van der Waals surface area contributed by atoms with Crippen LogP contribution in [0.3, 0.4) is 0 Å². The van der Waals surface area contributed by atoms with Gasteiger partial charge in [-0.05, 0) is 34.9 Å². The quantitative estimate of drug-likeness (QED) is 0.681. The molecule has 128 valence electrons. The topological polar surface area (TPSA) is 116 Å². The average molecular weight is 348 g/mol. The number of amides is 2. The molecule has 0 aliphatic carbocycles. The van der Waals surface area contributed by atoms with E-state index in [-0.39, 0.29) is 17.6 Å². The van der Waals surface area contributed by atoms with Gasteiger partial charge in [0.1, 0.15) is 6.04 Å². The van der Waals surface area contributed by atoms with Crippen molar-refractivity contribution in [1.82, 2.24) is 25.5 Å². The van der Waals surface area contributed by atoms with E-state index < -0.39 is 11.9 Å².